The first-order valence-corrected chi connectivity index (χ1v) is 11.2. The molecule has 14 heteroatoms. The van der Waals surface area contributed by atoms with E-state index in [4.69, 9.17) is 27.9 Å². The molecule has 0 radical (unpaired) electrons. The van der Waals surface area contributed by atoms with Gasteiger partial charge in [0.15, 0.2) is 21.3 Å². The number of rotatable bonds is 6. The number of hydrogen-bond donors (Lipinski definition) is 1. The lowest BCUT2D eigenvalue weighted by atomic mass is 10.3. The van der Waals surface area contributed by atoms with Crippen LogP contribution in [0.5, 0.6) is 11.6 Å². The molecule has 0 spiro atoms. The van der Waals surface area contributed by atoms with Crippen LogP contribution < -0.4 is 16.0 Å². The minimum absolute atomic E-state index is 0.0254. The zero-order valence-corrected chi connectivity index (χ0v) is 18.7. The van der Waals surface area contributed by atoms with Crippen molar-refractivity contribution in [1.82, 2.24) is 19.7 Å². The number of aryl methyl sites for hydroxylation is 1. The van der Waals surface area contributed by atoms with Crippen LogP contribution in [0.4, 0.5) is 8.78 Å². The average molecular weight is 507 g/mol. The summed E-state index contributed by atoms with van der Waals surface area (Å²) in [5.74, 6) is -0.368. The Morgan fingerprint density at radius 1 is 1.19 bits per heavy atom. The fourth-order valence-electron chi connectivity index (χ4n) is 2.63. The van der Waals surface area contributed by atoms with Gasteiger partial charge in [-0.05, 0) is 24.6 Å². The van der Waals surface area contributed by atoms with Crippen LogP contribution >= 0.6 is 23.2 Å². The lowest BCUT2D eigenvalue weighted by Crippen LogP contribution is -2.34. The van der Waals surface area contributed by atoms with E-state index in [2.05, 4.69) is 10.1 Å². The maximum absolute atomic E-state index is 13.0. The van der Waals surface area contributed by atoms with Crippen LogP contribution in [-0.4, -0.2) is 33.9 Å². The number of pyridine rings is 1. The van der Waals surface area contributed by atoms with E-state index in [1.807, 2.05) is 0 Å². The minimum atomic E-state index is -3.55. The molecule has 9 nitrogen and oxygen atoms in total. The first kappa shape index (κ1) is 23.8. The van der Waals surface area contributed by atoms with Crippen molar-refractivity contribution in [3.05, 3.63) is 66.5 Å². The number of H-pyrrole nitrogens is 1. The Morgan fingerprint density at radius 2 is 1.81 bits per heavy atom. The lowest BCUT2D eigenvalue weighted by molar-refractivity contribution is 0.141. The lowest BCUT2D eigenvalue weighted by Gasteiger charge is -2.13. The molecule has 32 heavy (non-hydrogen) atoms. The molecule has 0 unspecified atom stereocenters. The topological polar surface area (TPSA) is 124 Å². The summed E-state index contributed by atoms with van der Waals surface area (Å²) in [7, 11) is -3.55. The predicted octanol–water partition coefficient (Wildman–Crippen LogP) is 3.45. The number of hydrogen-bond acceptors (Lipinski definition) is 7. The molecular weight excluding hydrogens is 493 g/mol. The highest BCUT2D eigenvalue weighted by Gasteiger charge is 2.21. The number of aromatic amines is 1. The summed E-state index contributed by atoms with van der Waals surface area (Å²) in [6, 6.07) is 3.50. The number of ether oxygens (including phenoxy) is 1. The van der Waals surface area contributed by atoms with Crippen molar-refractivity contribution in [1.29, 1.82) is 0 Å². The molecule has 1 aromatic carbocycles. The molecule has 0 aliphatic carbocycles. The van der Waals surface area contributed by atoms with Gasteiger partial charge in [-0.15, -0.1) is 0 Å². The SMILES string of the molecule is CCS(=O)(=O)c1cc(Oc2c(Cl)cc(-n3nc(C(F)F)c(=O)[nH]c3=O)cc2Cl)ncc1C. The van der Waals surface area contributed by atoms with Crippen LogP contribution in [0, 0.1) is 6.92 Å². The molecule has 0 aliphatic heterocycles. The van der Waals surface area contributed by atoms with Crippen molar-refractivity contribution >= 4 is 33.0 Å². The second-order valence-corrected chi connectivity index (χ2v) is 9.45. The Bertz CT molecular complexity index is 1400. The number of benzene rings is 1. The molecule has 170 valence electrons. The summed E-state index contributed by atoms with van der Waals surface area (Å²) in [6.07, 6.45) is -1.91. The van der Waals surface area contributed by atoms with Gasteiger partial charge in [-0.25, -0.2) is 27.0 Å². The van der Waals surface area contributed by atoms with E-state index in [0.717, 1.165) is 12.1 Å². The van der Waals surface area contributed by atoms with Crippen molar-refractivity contribution in [3.63, 3.8) is 0 Å². The van der Waals surface area contributed by atoms with Crippen LogP contribution in [-0.2, 0) is 9.84 Å². The molecular formula is C18H14Cl2F2N4O5S. The fraction of sp³-hybridized carbons (Fsp3) is 0.222. The van der Waals surface area contributed by atoms with E-state index in [0.29, 0.717) is 10.2 Å². The Kier molecular flexibility index (Phi) is 6.67. The van der Waals surface area contributed by atoms with Crippen molar-refractivity contribution < 1.29 is 21.9 Å². The summed E-state index contributed by atoms with van der Waals surface area (Å²) in [5, 5.41) is 3.05. The molecule has 0 bridgehead atoms. The number of nitrogens with one attached hydrogen (secondary N) is 1. The third-order valence-electron chi connectivity index (χ3n) is 4.24. The van der Waals surface area contributed by atoms with Gasteiger partial charge in [0.05, 0.1) is 26.4 Å². The molecule has 0 saturated heterocycles. The molecule has 1 N–H and O–H groups in total. The highest BCUT2D eigenvalue weighted by molar-refractivity contribution is 7.91. The van der Waals surface area contributed by atoms with Gasteiger partial charge in [0.25, 0.3) is 12.0 Å². The monoisotopic (exact) mass is 506 g/mol. The average Bonchev–Trinajstić information content (AvgIpc) is 2.71. The number of nitrogens with zero attached hydrogens (tertiary/aromatic N) is 3. The molecule has 0 amide bonds. The zero-order chi connectivity index (χ0) is 23.8. The van der Waals surface area contributed by atoms with Gasteiger partial charge < -0.3 is 4.74 Å². The van der Waals surface area contributed by atoms with E-state index < -0.39 is 33.2 Å². The standard InChI is InChI=1S/C18H14Cl2F2N4O5S/c1-3-32(29,30)12-6-13(23-7-8(12)2)31-15-10(19)4-9(5-11(15)20)26-18(28)24-17(27)14(25-26)16(21)22/h4-7,16H,3H2,1-2H3,(H,24,27,28). The van der Waals surface area contributed by atoms with Crippen LogP contribution in [0.15, 0.2) is 38.9 Å². The molecule has 0 saturated carbocycles. The molecule has 0 atom stereocenters. The van der Waals surface area contributed by atoms with Crippen LogP contribution in [0.25, 0.3) is 5.69 Å². The first-order chi connectivity index (χ1) is 14.9. The third-order valence-corrected chi connectivity index (χ3v) is 6.67. The maximum Gasteiger partial charge on any atom is 0.349 e. The predicted molar refractivity (Wildman–Crippen MR) is 112 cm³/mol. The second kappa shape index (κ2) is 8.96. The Morgan fingerprint density at radius 3 is 2.38 bits per heavy atom. The molecule has 3 aromatic rings. The highest BCUT2D eigenvalue weighted by atomic mass is 35.5. The largest absolute Gasteiger partial charge is 0.436 e. The quantitative estimate of drug-likeness (QED) is 0.542. The van der Waals surface area contributed by atoms with E-state index >= 15 is 0 Å². The Hall–Kier alpha value is -2.83. The zero-order valence-electron chi connectivity index (χ0n) is 16.4. The van der Waals surface area contributed by atoms with Gasteiger partial charge in [0.1, 0.15) is 0 Å². The Balaban J connectivity index is 2.05. The summed E-state index contributed by atoms with van der Waals surface area (Å²) < 4.78 is 56.5. The molecule has 2 aromatic heterocycles. The normalized spacial score (nSPS) is 11.7. The molecule has 2 heterocycles. The van der Waals surface area contributed by atoms with Gasteiger partial charge in [-0.2, -0.15) is 9.78 Å². The van der Waals surface area contributed by atoms with Crippen molar-refractivity contribution in [2.75, 3.05) is 5.75 Å². The fourth-order valence-corrected chi connectivity index (χ4v) is 4.32. The van der Waals surface area contributed by atoms with Crippen LogP contribution in [0.2, 0.25) is 10.0 Å². The van der Waals surface area contributed by atoms with Gasteiger partial charge in [-0.3, -0.25) is 9.78 Å². The van der Waals surface area contributed by atoms with Crippen molar-refractivity contribution in [2.45, 2.75) is 25.2 Å². The summed E-state index contributed by atoms with van der Waals surface area (Å²) in [5.41, 5.74) is -3.27. The van der Waals surface area contributed by atoms with E-state index in [-0.39, 0.29) is 38.0 Å². The van der Waals surface area contributed by atoms with Gasteiger partial charge in [-0.1, -0.05) is 30.1 Å². The smallest absolute Gasteiger partial charge is 0.349 e. The number of halogens is 4. The number of sulfone groups is 1. The summed E-state index contributed by atoms with van der Waals surface area (Å²) in [4.78, 5) is 29.3. The second-order valence-electron chi connectivity index (χ2n) is 6.39. The Labute approximate surface area is 189 Å². The van der Waals surface area contributed by atoms with Crippen molar-refractivity contribution in [3.8, 4) is 17.3 Å². The van der Waals surface area contributed by atoms with E-state index in [1.54, 1.807) is 11.9 Å². The maximum atomic E-state index is 13.0. The van der Waals surface area contributed by atoms with E-state index in [1.165, 1.54) is 19.2 Å². The summed E-state index contributed by atoms with van der Waals surface area (Å²) in [6.45, 7) is 3.07. The summed E-state index contributed by atoms with van der Waals surface area (Å²) >= 11 is 12.4. The first-order valence-electron chi connectivity index (χ1n) is 8.83. The minimum Gasteiger partial charge on any atom is -0.436 e. The van der Waals surface area contributed by atoms with Crippen molar-refractivity contribution in [2.24, 2.45) is 0 Å². The van der Waals surface area contributed by atoms with Crippen LogP contribution in [0.3, 0.4) is 0 Å². The van der Waals surface area contributed by atoms with E-state index in [9.17, 15) is 26.8 Å². The number of alkyl halides is 2. The third kappa shape index (κ3) is 4.66. The highest BCUT2D eigenvalue weighted by Crippen LogP contribution is 2.38. The number of aromatic nitrogens is 4. The van der Waals surface area contributed by atoms with Gasteiger partial charge >= 0.3 is 5.69 Å². The van der Waals surface area contributed by atoms with Gasteiger partial charge in [0, 0.05) is 12.3 Å². The molecule has 0 fully saturated rings. The molecule has 3 rings (SSSR count). The molecule has 0 aliphatic rings. The van der Waals surface area contributed by atoms with Crippen LogP contribution in [0.1, 0.15) is 24.6 Å². The van der Waals surface area contributed by atoms with Gasteiger partial charge in [0.2, 0.25) is 5.88 Å².